The van der Waals surface area contributed by atoms with Gasteiger partial charge in [0.05, 0.1) is 6.07 Å². The second kappa shape index (κ2) is 4.72. The second-order valence-corrected chi connectivity index (χ2v) is 2.21. The molecule has 0 spiro atoms. The first-order chi connectivity index (χ1) is 5.91. The Morgan fingerprint density at radius 1 is 1.62 bits per heavy atom. The summed E-state index contributed by atoms with van der Waals surface area (Å²) >= 11 is 5.12. The van der Waals surface area contributed by atoms with Crippen molar-refractivity contribution in [2.24, 2.45) is 0 Å². The predicted octanol–water partition coefficient (Wildman–Crippen LogP) is 2.61. The Morgan fingerprint density at radius 2 is 2.08 bits per heavy atom. The summed E-state index contributed by atoms with van der Waals surface area (Å²) in [4.78, 5) is 0. The van der Waals surface area contributed by atoms with E-state index >= 15 is 0 Å². The van der Waals surface area contributed by atoms with Crippen molar-refractivity contribution in [2.75, 3.05) is 0 Å². The lowest BCUT2D eigenvalue weighted by atomic mass is 10.4. The Labute approximate surface area is 77.1 Å². The zero-order valence-corrected chi connectivity index (χ0v) is 7.24. The molecule has 13 heavy (non-hydrogen) atoms. The fourth-order valence-corrected chi connectivity index (χ4v) is 0.594. The van der Waals surface area contributed by atoms with Gasteiger partial charge in [-0.3, -0.25) is 5.10 Å². The lowest BCUT2D eigenvalue weighted by molar-refractivity contribution is -0.141. The molecule has 7 heteroatoms. The lowest BCUT2D eigenvalue weighted by Gasteiger charge is -1.99. The highest BCUT2D eigenvalue weighted by Gasteiger charge is 2.32. The quantitative estimate of drug-likeness (QED) is 0.717. The van der Waals surface area contributed by atoms with Gasteiger partial charge < -0.3 is 0 Å². The smallest absolute Gasteiger partial charge is 0.272 e. The van der Waals surface area contributed by atoms with Gasteiger partial charge in [-0.2, -0.15) is 23.5 Å². The van der Waals surface area contributed by atoms with Crippen LogP contribution in [-0.4, -0.2) is 10.2 Å². The first kappa shape index (κ1) is 11.8. The average molecular weight is 212 g/mol. The van der Waals surface area contributed by atoms with Crippen molar-refractivity contribution in [1.29, 1.82) is 5.26 Å². The number of aromatic nitrogens is 2. The summed E-state index contributed by atoms with van der Waals surface area (Å²) < 4.78 is 35.0. The normalized spacial score (nSPS) is 9.85. The molecule has 0 saturated heterocycles. The number of aromatic amines is 1. The van der Waals surface area contributed by atoms with Gasteiger partial charge in [-0.25, -0.2) is 0 Å². The molecule has 0 bridgehead atoms. The summed E-state index contributed by atoms with van der Waals surface area (Å²) in [6.07, 6.45) is -4.39. The molecule has 1 heterocycles. The minimum absolute atomic E-state index is 0.188. The molecule has 0 saturated carbocycles. The van der Waals surface area contributed by atoms with E-state index in [-0.39, 0.29) is 5.15 Å². The second-order valence-electron chi connectivity index (χ2n) is 1.83. The third-order valence-electron chi connectivity index (χ3n) is 0.852. The van der Waals surface area contributed by atoms with E-state index in [0.717, 1.165) is 6.07 Å². The van der Waals surface area contributed by atoms with Gasteiger partial charge in [0, 0.05) is 13.0 Å². The van der Waals surface area contributed by atoms with E-state index in [1.54, 1.807) is 11.2 Å². The van der Waals surface area contributed by atoms with Crippen LogP contribution in [0.3, 0.4) is 0 Å². The monoisotopic (exact) mass is 211 g/mol. The standard InChI is InChI=1S/C4H2ClF3N2.C2H3N/c5-3-1-2(9-10-3)4(6,7)8;1-2-3/h1H,(H,9,10);1H3. The Hall–Kier alpha value is -1.22. The molecule has 1 aromatic heterocycles. The minimum Gasteiger partial charge on any atom is -0.272 e. The van der Waals surface area contributed by atoms with Crippen LogP contribution >= 0.6 is 11.6 Å². The SMILES string of the molecule is CC#N.FC(F)(F)c1cc(Cl)n[nH]1. The third kappa shape index (κ3) is 4.38. The number of nitrogens with zero attached hydrogens (tertiary/aromatic N) is 2. The van der Waals surface area contributed by atoms with E-state index in [4.69, 9.17) is 16.9 Å². The highest BCUT2D eigenvalue weighted by molar-refractivity contribution is 6.29. The van der Waals surface area contributed by atoms with Crippen LogP contribution in [0.25, 0.3) is 0 Å². The van der Waals surface area contributed by atoms with Crippen LogP contribution in [0.5, 0.6) is 0 Å². The molecule has 0 radical (unpaired) electrons. The van der Waals surface area contributed by atoms with Crippen LogP contribution < -0.4 is 0 Å². The number of H-pyrrole nitrogens is 1. The van der Waals surface area contributed by atoms with Gasteiger partial charge in [0.2, 0.25) is 0 Å². The molecule has 0 fully saturated rings. The van der Waals surface area contributed by atoms with Gasteiger partial charge >= 0.3 is 6.18 Å². The third-order valence-corrected chi connectivity index (χ3v) is 1.05. The Bertz CT molecular complexity index is 299. The summed E-state index contributed by atoms with van der Waals surface area (Å²) in [7, 11) is 0. The van der Waals surface area contributed by atoms with E-state index in [2.05, 4.69) is 5.10 Å². The fourth-order valence-electron chi connectivity index (χ4n) is 0.443. The van der Waals surface area contributed by atoms with Crippen LogP contribution in [0.1, 0.15) is 12.6 Å². The maximum atomic E-state index is 11.7. The number of nitriles is 1. The maximum absolute atomic E-state index is 11.7. The first-order valence-corrected chi connectivity index (χ1v) is 3.38. The largest absolute Gasteiger partial charge is 0.432 e. The highest BCUT2D eigenvalue weighted by Crippen LogP contribution is 2.28. The van der Waals surface area contributed by atoms with Crippen molar-refractivity contribution in [3.8, 4) is 6.07 Å². The number of alkyl halides is 3. The van der Waals surface area contributed by atoms with Crippen molar-refractivity contribution in [2.45, 2.75) is 13.1 Å². The first-order valence-electron chi connectivity index (χ1n) is 3.00. The zero-order chi connectivity index (χ0) is 10.5. The van der Waals surface area contributed by atoms with Crippen molar-refractivity contribution in [3.05, 3.63) is 16.9 Å². The molecular formula is C6H5ClF3N3. The number of hydrogen-bond donors (Lipinski definition) is 1. The molecule has 1 aromatic rings. The Kier molecular flexibility index (Phi) is 4.28. The topological polar surface area (TPSA) is 52.5 Å². The van der Waals surface area contributed by atoms with Crippen LogP contribution in [0.4, 0.5) is 13.2 Å². The number of nitrogens with one attached hydrogen (secondary N) is 1. The van der Waals surface area contributed by atoms with Crippen LogP contribution in [-0.2, 0) is 6.18 Å². The summed E-state index contributed by atoms with van der Waals surface area (Å²) in [6, 6.07) is 2.47. The van der Waals surface area contributed by atoms with Crippen LogP contribution in [0, 0.1) is 11.3 Å². The molecular weight excluding hydrogens is 207 g/mol. The average Bonchev–Trinajstić information content (AvgIpc) is 2.35. The number of hydrogen-bond acceptors (Lipinski definition) is 2. The molecule has 0 aliphatic carbocycles. The van der Waals surface area contributed by atoms with E-state index in [1.165, 1.54) is 6.92 Å². The molecule has 0 aliphatic rings. The number of rotatable bonds is 0. The van der Waals surface area contributed by atoms with E-state index < -0.39 is 11.9 Å². The Morgan fingerprint density at radius 3 is 2.23 bits per heavy atom. The summed E-state index contributed by atoms with van der Waals surface area (Å²) in [5.41, 5.74) is -0.933. The van der Waals surface area contributed by atoms with Crippen molar-refractivity contribution < 1.29 is 13.2 Å². The van der Waals surface area contributed by atoms with Gasteiger partial charge in [-0.1, -0.05) is 11.6 Å². The van der Waals surface area contributed by atoms with Gasteiger partial charge in [0.1, 0.15) is 5.69 Å². The summed E-state index contributed by atoms with van der Waals surface area (Å²) in [5, 5.41) is 12.0. The molecule has 0 amide bonds. The molecule has 1 rings (SSSR count). The van der Waals surface area contributed by atoms with Crippen molar-refractivity contribution in [1.82, 2.24) is 10.2 Å². The zero-order valence-electron chi connectivity index (χ0n) is 6.48. The summed E-state index contributed by atoms with van der Waals surface area (Å²) in [6.45, 7) is 1.43. The van der Waals surface area contributed by atoms with Crippen molar-refractivity contribution >= 4 is 11.6 Å². The van der Waals surface area contributed by atoms with Gasteiger partial charge in [0.15, 0.2) is 5.15 Å². The van der Waals surface area contributed by atoms with Crippen LogP contribution in [0.15, 0.2) is 6.07 Å². The van der Waals surface area contributed by atoms with E-state index in [1.807, 2.05) is 0 Å². The predicted molar refractivity (Wildman–Crippen MR) is 39.9 cm³/mol. The molecule has 0 aromatic carbocycles. The molecule has 72 valence electrons. The summed E-state index contributed by atoms with van der Waals surface area (Å²) in [5.74, 6) is 0. The molecule has 0 atom stereocenters. The van der Waals surface area contributed by atoms with Gasteiger partial charge in [-0.15, -0.1) is 0 Å². The highest BCUT2D eigenvalue weighted by atomic mass is 35.5. The van der Waals surface area contributed by atoms with Gasteiger partial charge in [0.25, 0.3) is 0 Å². The van der Waals surface area contributed by atoms with E-state index in [9.17, 15) is 13.2 Å². The molecule has 0 unspecified atom stereocenters. The molecule has 0 aliphatic heterocycles. The van der Waals surface area contributed by atoms with Gasteiger partial charge in [-0.05, 0) is 0 Å². The fraction of sp³-hybridized carbons (Fsp3) is 0.333. The molecule has 3 nitrogen and oxygen atoms in total. The van der Waals surface area contributed by atoms with E-state index in [0.29, 0.717) is 0 Å². The maximum Gasteiger partial charge on any atom is 0.432 e. The van der Waals surface area contributed by atoms with Crippen LogP contribution in [0.2, 0.25) is 5.15 Å². The van der Waals surface area contributed by atoms with Crippen molar-refractivity contribution in [3.63, 3.8) is 0 Å². The Balaban J connectivity index is 0.000000424. The number of halogens is 4. The lowest BCUT2D eigenvalue weighted by Crippen LogP contribution is -2.04. The minimum atomic E-state index is -4.39. The molecule has 1 N–H and O–H groups in total.